The highest BCUT2D eigenvalue weighted by Gasteiger charge is 2.17. The van der Waals surface area contributed by atoms with Crippen molar-refractivity contribution in [3.05, 3.63) is 35.9 Å². The minimum atomic E-state index is 0.538. The Kier molecular flexibility index (Phi) is 5.20. The second-order valence-corrected chi connectivity index (χ2v) is 4.25. The zero-order valence-electron chi connectivity index (χ0n) is 8.74. The number of methoxy groups -OCH3 is 1. The van der Waals surface area contributed by atoms with Crippen LogP contribution in [0.2, 0.25) is 0 Å². The molecule has 0 spiro atoms. The lowest BCUT2D eigenvalue weighted by Gasteiger charge is -2.21. The van der Waals surface area contributed by atoms with Gasteiger partial charge in [0.1, 0.15) is 0 Å². The molecule has 1 rings (SSSR count). The number of hydrogen-bond donors (Lipinski definition) is 0. The van der Waals surface area contributed by atoms with E-state index < -0.39 is 0 Å². The Morgan fingerprint density at radius 1 is 1.29 bits per heavy atom. The van der Waals surface area contributed by atoms with E-state index in [4.69, 9.17) is 4.74 Å². The summed E-state index contributed by atoms with van der Waals surface area (Å²) in [7, 11) is 1.76. The summed E-state index contributed by atoms with van der Waals surface area (Å²) in [6.45, 7) is 3.04. The van der Waals surface area contributed by atoms with Gasteiger partial charge in [0.15, 0.2) is 0 Å². The lowest BCUT2D eigenvalue weighted by molar-refractivity contribution is 0.150. The number of rotatable bonds is 5. The van der Waals surface area contributed by atoms with E-state index in [-0.39, 0.29) is 0 Å². The smallest absolute Gasteiger partial charge is 0.0493 e. The van der Waals surface area contributed by atoms with Crippen LogP contribution in [0.3, 0.4) is 0 Å². The van der Waals surface area contributed by atoms with E-state index in [0.717, 1.165) is 11.9 Å². The highest BCUT2D eigenvalue weighted by molar-refractivity contribution is 9.09. The summed E-state index contributed by atoms with van der Waals surface area (Å²) in [5, 5.41) is 0.988. The fraction of sp³-hybridized carbons (Fsp3) is 0.500. The molecule has 2 heteroatoms. The Bertz CT molecular complexity index is 248. The predicted molar refractivity (Wildman–Crippen MR) is 64.0 cm³/mol. The average molecular weight is 257 g/mol. The maximum absolute atomic E-state index is 5.19. The maximum atomic E-state index is 5.19. The molecule has 1 nitrogen and oxygen atoms in total. The van der Waals surface area contributed by atoms with Crippen LogP contribution in [-0.4, -0.2) is 19.0 Å². The van der Waals surface area contributed by atoms with Crippen LogP contribution in [0.25, 0.3) is 0 Å². The molecule has 2 unspecified atom stereocenters. The third-order valence-electron chi connectivity index (χ3n) is 2.51. The van der Waals surface area contributed by atoms with E-state index in [1.165, 1.54) is 5.56 Å². The van der Waals surface area contributed by atoms with Gasteiger partial charge in [-0.1, -0.05) is 53.2 Å². The zero-order chi connectivity index (χ0) is 10.4. The molecular weight excluding hydrogens is 240 g/mol. The summed E-state index contributed by atoms with van der Waals surface area (Å²) in [4.78, 5) is 0. The Labute approximate surface area is 94.6 Å². The maximum Gasteiger partial charge on any atom is 0.0493 e. The van der Waals surface area contributed by atoms with Gasteiger partial charge in [0.25, 0.3) is 0 Å². The normalized spacial score (nSPS) is 15.1. The number of hydrogen-bond acceptors (Lipinski definition) is 1. The first-order chi connectivity index (χ1) is 6.79. The van der Waals surface area contributed by atoms with E-state index in [0.29, 0.717) is 11.8 Å². The van der Waals surface area contributed by atoms with Crippen molar-refractivity contribution in [2.24, 2.45) is 5.92 Å². The molecule has 0 saturated heterocycles. The first-order valence-electron chi connectivity index (χ1n) is 4.89. The molecule has 78 valence electrons. The molecule has 0 saturated carbocycles. The van der Waals surface area contributed by atoms with E-state index in [1.54, 1.807) is 7.11 Å². The first-order valence-corrected chi connectivity index (χ1v) is 6.01. The molecule has 0 amide bonds. The van der Waals surface area contributed by atoms with E-state index in [2.05, 4.69) is 53.2 Å². The van der Waals surface area contributed by atoms with Gasteiger partial charge < -0.3 is 4.74 Å². The SMILES string of the molecule is COCC(C)C(CBr)c1ccccc1. The fourth-order valence-corrected chi connectivity index (χ4v) is 2.66. The fourth-order valence-electron chi connectivity index (χ4n) is 1.65. The Morgan fingerprint density at radius 3 is 2.43 bits per heavy atom. The molecule has 14 heavy (non-hydrogen) atoms. The van der Waals surface area contributed by atoms with Crippen LogP contribution in [-0.2, 0) is 4.74 Å². The van der Waals surface area contributed by atoms with Crippen molar-refractivity contribution in [3.63, 3.8) is 0 Å². The van der Waals surface area contributed by atoms with Crippen LogP contribution >= 0.6 is 15.9 Å². The minimum Gasteiger partial charge on any atom is -0.384 e. The van der Waals surface area contributed by atoms with Gasteiger partial charge in [-0.2, -0.15) is 0 Å². The molecule has 1 aromatic carbocycles. The summed E-state index contributed by atoms with van der Waals surface area (Å²) >= 11 is 3.57. The van der Waals surface area contributed by atoms with Crippen molar-refractivity contribution in [1.82, 2.24) is 0 Å². The van der Waals surface area contributed by atoms with Gasteiger partial charge in [-0.3, -0.25) is 0 Å². The van der Waals surface area contributed by atoms with Gasteiger partial charge in [-0.15, -0.1) is 0 Å². The van der Waals surface area contributed by atoms with Crippen LogP contribution in [0, 0.1) is 5.92 Å². The number of halogens is 1. The zero-order valence-corrected chi connectivity index (χ0v) is 10.3. The Balaban J connectivity index is 2.71. The predicted octanol–water partition coefficient (Wildman–Crippen LogP) is 3.45. The lowest BCUT2D eigenvalue weighted by Crippen LogP contribution is -2.16. The molecule has 0 aliphatic heterocycles. The third-order valence-corrected chi connectivity index (χ3v) is 3.21. The number of benzene rings is 1. The summed E-state index contributed by atoms with van der Waals surface area (Å²) in [5.41, 5.74) is 1.38. The molecule has 0 radical (unpaired) electrons. The summed E-state index contributed by atoms with van der Waals surface area (Å²) < 4.78 is 5.19. The van der Waals surface area contributed by atoms with Crippen LogP contribution < -0.4 is 0 Å². The second kappa shape index (κ2) is 6.20. The third kappa shape index (κ3) is 3.10. The summed E-state index contributed by atoms with van der Waals surface area (Å²) in [6, 6.07) is 10.6. The average Bonchev–Trinajstić information content (AvgIpc) is 2.21. The van der Waals surface area contributed by atoms with Crippen molar-refractivity contribution >= 4 is 15.9 Å². The van der Waals surface area contributed by atoms with E-state index >= 15 is 0 Å². The van der Waals surface area contributed by atoms with Crippen molar-refractivity contribution < 1.29 is 4.74 Å². The number of ether oxygens (including phenoxy) is 1. The van der Waals surface area contributed by atoms with Gasteiger partial charge in [0, 0.05) is 19.0 Å². The Morgan fingerprint density at radius 2 is 1.93 bits per heavy atom. The van der Waals surface area contributed by atoms with Crippen molar-refractivity contribution in [2.75, 3.05) is 19.0 Å². The largest absolute Gasteiger partial charge is 0.384 e. The van der Waals surface area contributed by atoms with Crippen molar-refractivity contribution in [1.29, 1.82) is 0 Å². The molecule has 0 aromatic heterocycles. The molecular formula is C12H17BrO. The van der Waals surface area contributed by atoms with E-state index in [1.807, 2.05) is 0 Å². The molecule has 0 fully saturated rings. The van der Waals surface area contributed by atoms with E-state index in [9.17, 15) is 0 Å². The number of alkyl halides is 1. The van der Waals surface area contributed by atoms with Gasteiger partial charge in [0.05, 0.1) is 0 Å². The van der Waals surface area contributed by atoms with Crippen LogP contribution in [0.5, 0.6) is 0 Å². The van der Waals surface area contributed by atoms with Crippen molar-refractivity contribution in [3.8, 4) is 0 Å². The minimum absolute atomic E-state index is 0.538. The summed E-state index contributed by atoms with van der Waals surface area (Å²) in [5.74, 6) is 1.08. The lowest BCUT2D eigenvalue weighted by atomic mass is 9.89. The van der Waals surface area contributed by atoms with Crippen LogP contribution in [0.15, 0.2) is 30.3 Å². The quantitative estimate of drug-likeness (QED) is 0.734. The second-order valence-electron chi connectivity index (χ2n) is 3.60. The molecule has 1 aromatic rings. The van der Waals surface area contributed by atoms with Gasteiger partial charge in [0.2, 0.25) is 0 Å². The van der Waals surface area contributed by atoms with Gasteiger partial charge in [-0.05, 0) is 17.4 Å². The standard InChI is InChI=1S/C12H17BrO/c1-10(9-14-2)12(8-13)11-6-4-3-5-7-11/h3-7,10,12H,8-9H2,1-2H3. The van der Waals surface area contributed by atoms with Crippen molar-refractivity contribution in [2.45, 2.75) is 12.8 Å². The molecule has 0 heterocycles. The molecule has 0 aliphatic rings. The topological polar surface area (TPSA) is 9.23 Å². The Hall–Kier alpha value is -0.340. The van der Waals surface area contributed by atoms with Crippen LogP contribution in [0.4, 0.5) is 0 Å². The molecule has 0 aliphatic carbocycles. The monoisotopic (exact) mass is 256 g/mol. The van der Waals surface area contributed by atoms with Gasteiger partial charge in [-0.25, -0.2) is 0 Å². The highest BCUT2D eigenvalue weighted by atomic mass is 79.9. The first kappa shape index (κ1) is 11.7. The van der Waals surface area contributed by atoms with Gasteiger partial charge >= 0.3 is 0 Å². The highest BCUT2D eigenvalue weighted by Crippen LogP contribution is 2.26. The van der Waals surface area contributed by atoms with Crippen LogP contribution in [0.1, 0.15) is 18.4 Å². The molecule has 0 N–H and O–H groups in total. The summed E-state index contributed by atoms with van der Waals surface area (Å²) in [6.07, 6.45) is 0. The molecule has 0 bridgehead atoms. The molecule has 2 atom stereocenters.